The third-order valence-corrected chi connectivity index (χ3v) is 4.03. The van der Waals surface area contributed by atoms with Crippen LogP contribution in [0.2, 0.25) is 0 Å². The molecule has 0 aliphatic rings. The number of hydrogen-bond donors (Lipinski definition) is 1. The first-order valence-electron chi connectivity index (χ1n) is 7.56. The van der Waals surface area contributed by atoms with Crippen molar-refractivity contribution in [2.75, 3.05) is 7.05 Å². The van der Waals surface area contributed by atoms with Crippen molar-refractivity contribution < 1.29 is 0 Å². The standard InChI is InChI=1S/C19H26N2/c1-14-9-11-17(12-10-14)13-21(4)19(16(3)20)18-8-6-5-7-15(18)2/h5-12,16,19H,13,20H2,1-4H3. The molecule has 2 rings (SSSR count). The Morgan fingerprint density at radius 1 is 1.00 bits per heavy atom. The van der Waals surface area contributed by atoms with Crippen LogP contribution in [-0.2, 0) is 6.54 Å². The van der Waals surface area contributed by atoms with Crippen molar-refractivity contribution >= 4 is 0 Å². The zero-order chi connectivity index (χ0) is 15.4. The van der Waals surface area contributed by atoms with Crippen molar-refractivity contribution in [3.8, 4) is 0 Å². The fraction of sp³-hybridized carbons (Fsp3) is 0.368. The van der Waals surface area contributed by atoms with Crippen LogP contribution in [0.15, 0.2) is 48.5 Å². The van der Waals surface area contributed by atoms with Crippen LogP contribution >= 0.6 is 0 Å². The second-order valence-electron chi connectivity index (χ2n) is 6.06. The molecule has 0 aliphatic heterocycles. The van der Waals surface area contributed by atoms with Gasteiger partial charge in [-0.25, -0.2) is 0 Å². The van der Waals surface area contributed by atoms with E-state index in [2.05, 4.69) is 81.2 Å². The van der Waals surface area contributed by atoms with Gasteiger partial charge in [0.25, 0.3) is 0 Å². The van der Waals surface area contributed by atoms with Crippen LogP contribution in [-0.4, -0.2) is 18.0 Å². The van der Waals surface area contributed by atoms with Crippen LogP contribution in [0.1, 0.15) is 35.2 Å². The smallest absolute Gasteiger partial charge is 0.0499 e. The highest BCUT2D eigenvalue weighted by Crippen LogP contribution is 2.26. The van der Waals surface area contributed by atoms with Gasteiger partial charge in [0.15, 0.2) is 0 Å². The molecule has 0 aliphatic carbocycles. The van der Waals surface area contributed by atoms with Gasteiger partial charge in [-0.05, 0) is 44.5 Å². The summed E-state index contributed by atoms with van der Waals surface area (Å²) in [4.78, 5) is 2.34. The summed E-state index contributed by atoms with van der Waals surface area (Å²) in [5, 5.41) is 0. The molecule has 2 atom stereocenters. The maximum Gasteiger partial charge on any atom is 0.0499 e. The van der Waals surface area contributed by atoms with Crippen molar-refractivity contribution in [1.29, 1.82) is 0 Å². The van der Waals surface area contributed by atoms with Crippen molar-refractivity contribution in [1.82, 2.24) is 4.90 Å². The average Bonchev–Trinajstić information content (AvgIpc) is 2.43. The normalized spacial score (nSPS) is 14.2. The predicted molar refractivity (Wildman–Crippen MR) is 90.2 cm³/mol. The van der Waals surface area contributed by atoms with Gasteiger partial charge in [-0.15, -0.1) is 0 Å². The first kappa shape index (κ1) is 15.7. The summed E-state index contributed by atoms with van der Waals surface area (Å²) in [5.41, 5.74) is 11.5. The van der Waals surface area contributed by atoms with Crippen LogP contribution < -0.4 is 5.73 Å². The Hall–Kier alpha value is -1.64. The Labute approximate surface area is 128 Å². The number of aryl methyl sites for hydroxylation is 2. The Kier molecular flexibility index (Phi) is 5.16. The lowest BCUT2D eigenvalue weighted by Gasteiger charge is -2.32. The summed E-state index contributed by atoms with van der Waals surface area (Å²) in [5.74, 6) is 0. The summed E-state index contributed by atoms with van der Waals surface area (Å²) in [6, 6.07) is 17.6. The highest BCUT2D eigenvalue weighted by molar-refractivity contribution is 5.30. The lowest BCUT2D eigenvalue weighted by atomic mass is 9.95. The van der Waals surface area contributed by atoms with Crippen LogP contribution in [0.25, 0.3) is 0 Å². The maximum atomic E-state index is 6.27. The number of nitrogens with zero attached hydrogens (tertiary/aromatic N) is 1. The second-order valence-corrected chi connectivity index (χ2v) is 6.06. The van der Waals surface area contributed by atoms with Gasteiger partial charge in [0, 0.05) is 18.6 Å². The minimum Gasteiger partial charge on any atom is -0.326 e. The van der Waals surface area contributed by atoms with Gasteiger partial charge in [0.05, 0.1) is 0 Å². The molecular formula is C19H26N2. The average molecular weight is 282 g/mol. The summed E-state index contributed by atoms with van der Waals surface area (Å²) in [6.45, 7) is 7.26. The largest absolute Gasteiger partial charge is 0.326 e. The van der Waals surface area contributed by atoms with Crippen LogP contribution in [0.5, 0.6) is 0 Å². The second kappa shape index (κ2) is 6.88. The van der Waals surface area contributed by atoms with Gasteiger partial charge in [-0.3, -0.25) is 4.90 Å². The van der Waals surface area contributed by atoms with E-state index >= 15 is 0 Å². The summed E-state index contributed by atoms with van der Waals surface area (Å²) >= 11 is 0. The molecule has 0 amide bonds. The van der Waals surface area contributed by atoms with Gasteiger partial charge in [0.2, 0.25) is 0 Å². The molecule has 2 unspecified atom stereocenters. The molecule has 112 valence electrons. The molecule has 2 aromatic rings. The van der Waals surface area contributed by atoms with E-state index in [1.807, 2.05) is 0 Å². The van der Waals surface area contributed by atoms with Crippen molar-refractivity contribution in [2.45, 2.75) is 39.4 Å². The van der Waals surface area contributed by atoms with Gasteiger partial charge < -0.3 is 5.73 Å². The zero-order valence-electron chi connectivity index (χ0n) is 13.5. The van der Waals surface area contributed by atoms with Gasteiger partial charge in [0.1, 0.15) is 0 Å². The van der Waals surface area contributed by atoms with Crippen molar-refractivity contribution in [3.05, 3.63) is 70.8 Å². The van der Waals surface area contributed by atoms with E-state index in [4.69, 9.17) is 5.73 Å². The summed E-state index contributed by atoms with van der Waals surface area (Å²) in [7, 11) is 2.15. The van der Waals surface area contributed by atoms with E-state index < -0.39 is 0 Å². The molecule has 0 radical (unpaired) electrons. The minimum absolute atomic E-state index is 0.0848. The summed E-state index contributed by atoms with van der Waals surface area (Å²) < 4.78 is 0. The number of hydrogen-bond acceptors (Lipinski definition) is 2. The van der Waals surface area contributed by atoms with Gasteiger partial charge in [-0.2, -0.15) is 0 Å². The number of benzene rings is 2. The Morgan fingerprint density at radius 3 is 2.19 bits per heavy atom. The molecule has 21 heavy (non-hydrogen) atoms. The molecule has 0 aromatic heterocycles. The SMILES string of the molecule is Cc1ccc(CN(C)C(c2ccccc2C)C(C)N)cc1. The molecule has 2 aromatic carbocycles. The zero-order valence-corrected chi connectivity index (χ0v) is 13.5. The first-order valence-corrected chi connectivity index (χ1v) is 7.56. The van der Waals surface area contributed by atoms with E-state index in [0.717, 1.165) is 6.54 Å². The fourth-order valence-corrected chi connectivity index (χ4v) is 2.92. The predicted octanol–water partition coefficient (Wildman–Crippen LogP) is 3.82. The molecular weight excluding hydrogens is 256 g/mol. The lowest BCUT2D eigenvalue weighted by Crippen LogP contribution is -2.37. The minimum atomic E-state index is 0.0848. The Balaban J connectivity index is 2.22. The quantitative estimate of drug-likeness (QED) is 0.903. The fourth-order valence-electron chi connectivity index (χ4n) is 2.92. The van der Waals surface area contributed by atoms with Crippen molar-refractivity contribution in [3.63, 3.8) is 0 Å². The third kappa shape index (κ3) is 3.93. The molecule has 0 fully saturated rings. The monoisotopic (exact) mass is 282 g/mol. The highest BCUT2D eigenvalue weighted by atomic mass is 15.1. The number of rotatable bonds is 5. The molecule has 0 heterocycles. The third-order valence-electron chi connectivity index (χ3n) is 4.03. The lowest BCUT2D eigenvalue weighted by molar-refractivity contribution is 0.210. The topological polar surface area (TPSA) is 29.3 Å². The van der Waals surface area contributed by atoms with E-state index in [0.29, 0.717) is 0 Å². The number of likely N-dealkylation sites (N-methyl/N-ethyl adjacent to an activating group) is 1. The molecule has 2 nitrogen and oxygen atoms in total. The van der Waals surface area contributed by atoms with Crippen LogP contribution in [0, 0.1) is 13.8 Å². The molecule has 0 saturated heterocycles. The molecule has 0 bridgehead atoms. The van der Waals surface area contributed by atoms with Gasteiger partial charge in [-0.1, -0.05) is 54.1 Å². The highest BCUT2D eigenvalue weighted by Gasteiger charge is 2.22. The molecule has 2 heteroatoms. The summed E-state index contributed by atoms with van der Waals surface area (Å²) in [6.07, 6.45) is 0. The Bertz CT molecular complexity index is 572. The van der Waals surface area contributed by atoms with Crippen LogP contribution in [0.4, 0.5) is 0 Å². The molecule has 0 spiro atoms. The van der Waals surface area contributed by atoms with Crippen molar-refractivity contribution in [2.24, 2.45) is 5.73 Å². The Morgan fingerprint density at radius 2 is 1.62 bits per heavy atom. The van der Waals surface area contributed by atoms with Crippen LogP contribution in [0.3, 0.4) is 0 Å². The maximum absolute atomic E-state index is 6.27. The molecule has 2 N–H and O–H groups in total. The molecule has 0 saturated carbocycles. The number of nitrogens with two attached hydrogens (primary N) is 1. The van der Waals surface area contributed by atoms with E-state index in [-0.39, 0.29) is 12.1 Å². The van der Waals surface area contributed by atoms with E-state index in [9.17, 15) is 0 Å². The first-order chi connectivity index (χ1) is 9.99. The van der Waals surface area contributed by atoms with E-state index in [1.165, 1.54) is 22.3 Å². The van der Waals surface area contributed by atoms with E-state index in [1.54, 1.807) is 0 Å². The van der Waals surface area contributed by atoms with Gasteiger partial charge >= 0.3 is 0 Å².